The fourth-order valence-electron chi connectivity index (χ4n) is 1.90. The zero-order chi connectivity index (χ0) is 11.6. The Bertz CT molecular complexity index is 247. The molecule has 6 N–H and O–H groups in total. The van der Waals surface area contributed by atoms with Crippen LogP contribution in [0, 0.1) is 5.92 Å². The van der Waals surface area contributed by atoms with E-state index in [-0.39, 0.29) is 13.0 Å². The van der Waals surface area contributed by atoms with Crippen LogP contribution in [0.15, 0.2) is 0 Å². The molecule has 15 heavy (non-hydrogen) atoms. The third-order valence-corrected chi connectivity index (χ3v) is 2.78. The van der Waals surface area contributed by atoms with Crippen LogP contribution in [0.25, 0.3) is 0 Å². The third kappa shape index (κ3) is 2.44. The minimum absolute atomic E-state index is 0.0895. The molecule has 0 aromatic heterocycles. The number of carboxylic acid groups (broad SMARTS) is 1. The summed E-state index contributed by atoms with van der Waals surface area (Å²) < 4.78 is 0. The van der Waals surface area contributed by atoms with Crippen molar-refractivity contribution in [3.63, 3.8) is 0 Å². The van der Waals surface area contributed by atoms with Crippen LogP contribution in [-0.4, -0.2) is 56.0 Å². The second-order valence-corrected chi connectivity index (χ2v) is 3.93. The van der Waals surface area contributed by atoms with Crippen LogP contribution in [-0.2, 0) is 4.79 Å². The molecule has 1 rings (SSSR count). The molecule has 0 aromatic carbocycles. The van der Waals surface area contributed by atoms with Gasteiger partial charge in [-0.3, -0.25) is 0 Å². The first kappa shape index (κ1) is 12.3. The van der Waals surface area contributed by atoms with Crippen LogP contribution >= 0.6 is 0 Å². The molecule has 1 aliphatic carbocycles. The fourth-order valence-corrected chi connectivity index (χ4v) is 1.90. The number of hydroxylamine groups is 1. The lowest BCUT2D eigenvalue weighted by Gasteiger charge is -2.39. The normalized spacial score (nSPS) is 41.5. The summed E-state index contributed by atoms with van der Waals surface area (Å²) in [4.78, 5) is 10.8. The highest BCUT2D eigenvalue weighted by molar-refractivity contribution is 5.77. The maximum absolute atomic E-state index is 10.8. The van der Waals surface area contributed by atoms with Crippen LogP contribution in [0.5, 0.6) is 0 Å². The third-order valence-electron chi connectivity index (χ3n) is 2.78. The molecule has 0 saturated heterocycles. The SMILES string of the molecule is O=C(O)[C@]1(O)C[C@H](CNO)[C@@H](O)[C@H](O)C1. The topological polar surface area (TPSA) is 130 Å². The molecule has 0 aromatic rings. The van der Waals surface area contributed by atoms with Crippen molar-refractivity contribution in [1.29, 1.82) is 0 Å². The average molecular weight is 221 g/mol. The second-order valence-electron chi connectivity index (χ2n) is 3.93. The van der Waals surface area contributed by atoms with Gasteiger partial charge in [0.1, 0.15) is 0 Å². The van der Waals surface area contributed by atoms with E-state index in [2.05, 4.69) is 0 Å². The molecule has 0 aliphatic heterocycles. The van der Waals surface area contributed by atoms with E-state index in [1.54, 1.807) is 5.48 Å². The number of aliphatic hydroxyl groups excluding tert-OH is 2. The first-order valence-electron chi connectivity index (χ1n) is 4.59. The van der Waals surface area contributed by atoms with Crippen molar-refractivity contribution in [2.24, 2.45) is 5.92 Å². The van der Waals surface area contributed by atoms with Gasteiger partial charge in [-0.05, 0) is 6.42 Å². The predicted octanol–water partition coefficient (Wildman–Crippen LogP) is -2.09. The minimum atomic E-state index is -2.04. The Hall–Kier alpha value is -0.730. The number of carboxylic acids is 1. The summed E-state index contributed by atoms with van der Waals surface area (Å²) in [6.45, 7) is -0.0895. The Morgan fingerprint density at radius 2 is 2.00 bits per heavy atom. The van der Waals surface area contributed by atoms with Gasteiger partial charge in [-0.25, -0.2) is 10.3 Å². The zero-order valence-corrected chi connectivity index (χ0v) is 8.00. The average Bonchev–Trinajstić information content (AvgIpc) is 2.14. The first-order valence-corrected chi connectivity index (χ1v) is 4.59. The summed E-state index contributed by atoms with van der Waals surface area (Å²) in [5.41, 5.74) is -0.252. The molecule has 7 heteroatoms. The highest BCUT2D eigenvalue weighted by atomic mass is 16.5. The van der Waals surface area contributed by atoms with E-state index in [1.165, 1.54) is 0 Å². The monoisotopic (exact) mass is 221 g/mol. The van der Waals surface area contributed by atoms with E-state index in [1.807, 2.05) is 0 Å². The standard InChI is InChI=1S/C8H15NO6/c10-5-2-8(14,7(12)13)1-4(3-9-15)6(5)11/h4-6,9-11,14-15H,1-3H2,(H,12,13)/t4-,5-,6-,8+/m1/s1. The van der Waals surface area contributed by atoms with Gasteiger partial charge in [0, 0.05) is 18.9 Å². The van der Waals surface area contributed by atoms with Crippen LogP contribution < -0.4 is 5.48 Å². The molecule has 1 aliphatic rings. The molecule has 0 bridgehead atoms. The summed E-state index contributed by atoms with van der Waals surface area (Å²) in [5.74, 6) is -2.14. The molecule has 0 unspecified atom stereocenters. The highest BCUT2D eigenvalue weighted by Gasteiger charge is 2.48. The van der Waals surface area contributed by atoms with Gasteiger partial charge < -0.3 is 25.6 Å². The maximum Gasteiger partial charge on any atom is 0.335 e. The molecule has 7 nitrogen and oxygen atoms in total. The molecule has 0 spiro atoms. The molecule has 1 saturated carbocycles. The minimum Gasteiger partial charge on any atom is -0.479 e. The van der Waals surface area contributed by atoms with Crippen molar-refractivity contribution in [3.05, 3.63) is 0 Å². The second kappa shape index (κ2) is 4.42. The van der Waals surface area contributed by atoms with Crippen LogP contribution in [0.3, 0.4) is 0 Å². The number of carbonyl (C=O) groups is 1. The highest BCUT2D eigenvalue weighted by Crippen LogP contribution is 2.33. The predicted molar refractivity (Wildman–Crippen MR) is 47.1 cm³/mol. The lowest BCUT2D eigenvalue weighted by Crippen LogP contribution is -2.55. The number of aliphatic carboxylic acids is 1. The Morgan fingerprint density at radius 1 is 1.40 bits per heavy atom. The lowest BCUT2D eigenvalue weighted by atomic mass is 9.75. The van der Waals surface area contributed by atoms with Gasteiger partial charge >= 0.3 is 5.97 Å². The molecular weight excluding hydrogens is 206 g/mol. The van der Waals surface area contributed by atoms with Crippen molar-refractivity contribution in [2.75, 3.05) is 6.54 Å². The van der Waals surface area contributed by atoms with Gasteiger partial charge in [0.05, 0.1) is 12.2 Å². The summed E-state index contributed by atoms with van der Waals surface area (Å²) >= 11 is 0. The molecule has 1 fully saturated rings. The van der Waals surface area contributed by atoms with E-state index < -0.39 is 36.1 Å². The molecule has 0 heterocycles. The van der Waals surface area contributed by atoms with Crippen molar-refractivity contribution in [3.8, 4) is 0 Å². The molecule has 88 valence electrons. The van der Waals surface area contributed by atoms with E-state index in [0.29, 0.717) is 0 Å². The van der Waals surface area contributed by atoms with Crippen LogP contribution in [0.1, 0.15) is 12.8 Å². The van der Waals surface area contributed by atoms with E-state index >= 15 is 0 Å². The number of hydrogen-bond donors (Lipinski definition) is 6. The van der Waals surface area contributed by atoms with Gasteiger partial charge in [-0.2, -0.15) is 0 Å². The summed E-state index contributed by atoms with van der Waals surface area (Å²) in [5, 5.41) is 45.7. The van der Waals surface area contributed by atoms with Crippen molar-refractivity contribution >= 4 is 5.97 Å². The first-order chi connectivity index (χ1) is 6.90. The maximum atomic E-state index is 10.8. The summed E-state index contributed by atoms with van der Waals surface area (Å²) in [7, 11) is 0. The number of hydrogen-bond acceptors (Lipinski definition) is 6. The van der Waals surface area contributed by atoms with E-state index in [4.69, 9.17) is 10.3 Å². The van der Waals surface area contributed by atoms with E-state index in [9.17, 15) is 20.1 Å². The zero-order valence-electron chi connectivity index (χ0n) is 8.00. The molecule has 4 atom stereocenters. The van der Waals surface area contributed by atoms with Crippen molar-refractivity contribution < 1.29 is 30.4 Å². The Morgan fingerprint density at radius 3 is 2.47 bits per heavy atom. The molecular formula is C8H15NO6. The van der Waals surface area contributed by atoms with E-state index in [0.717, 1.165) is 0 Å². The Balaban J connectivity index is 2.78. The van der Waals surface area contributed by atoms with Crippen LogP contribution in [0.4, 0.5) is 0 Å². The summed E-state index contributed by atoms with van der Waals surface area (Å²) in [6, 6.07) is 0. The lowest BCUT2D eigenvalue weighted by molar-refractivity contribution is -0.179. The quantitative estimate of drug-likeness (QED) is 0.301. The van der Waals surface area contributed by atoms with Crippen molar-refractivity contribution in [2.45, 2.75) is 30.7 Å². The Labute approximate surface area is 85.9 Å². The van der Waals surface area contributed by atoms with Crippen molar-refractivity contribution in [1.82, 2.24) is 5.48 Å². The van der Waals surface area contributed by atoms with Gasteiger partial charge in [0.25, 0.3) is 0 Å². The smallest absolute Gasteiger partial charge is 0.335 e. The molecule has 0 amide bonds. The van der Waals surface area contributed by atoms with Gasteiger partial charge in [-0.1, -0.05) is 0 Å². The van der Waals surface area contributed by atoms with Gasteiger partial charge in [0.15, 0.2) is 5.60 Å². The summed E-state index contributed by atoms with van der Waals surface area (Å²) in [6.07, 6.45) is -3.08. The number of rotatable bonds is 3. The number of nitrogens with one attached hydrogen (secondary N) is 1. The van der Waals surface area contributed by atoms with Gasteiger partial charge in [0.2, 0.25) is 0 Å². The molecule has 0 radical (unpaired) electrons. The van der Waals surface area contributed by atoms with Crippen LogP contribution in [0.2, 0.25) is 0 Å². The van der Waals surface area contributed by atoms with Gasteiger partial charge in [-0.15, -0.1) is 0 Å². The number of aliphatic hydroxyl groups is 3. The Kier molecular flexibility index (Phi) is 3.63. The largest absolute Gasteiger partial charge is 0.479 e. The fraction of sp³-hybridized carbons (Fsp3) is 0.875.